The molecule has 0 bridgehead atoms. The summed E-state index contributed by atoms with van der Waals surface area (Å²) in [4.78, 5) is 4.65. The lowest BCUT2D eigenvalue weighted by Crippen LogP contribution is -2.38. The van der Waals surface area contributed by atoms with Crippen LogP contribution in [0, 0.1) is 18.3 Å². The molecule has 0 saturated carbocycles. The molecule has 1 atom stereocenters. The highest BCUT2D eigenvalue weighted by Gasteiger charge is 2.27. The molecule has 18 heavy (non-hydrogen) atoms. The minimum atomic E-state index is 0.535. The minimum Gasteiger partial charge on any atom is -0.366 e. The Bertz CT molecular complexity index is 459. The highest BCUT2D eigenvalue weighted by molar-refractivity contribution is 5.65. The van der Waals surface area contributed by atoms with Gasteiger partial charge in [0, 0.05) is 19.1 Å². The molecule has 0 amide bonds. The van der Waals surface area contributed by atoms with Crippen molar-refractivity contribution in [3.05, 3.63) is 29.3 Å². The lowest BCUT2D eigenvalue weighted by Gasteiger charge is -2.30. The van der Waals surface area contributed by atoms with Crippen LogP contribution in [0.4, 0.5) is 5.69 Å². The van der Waals surface area contributed by atoms with Gasteiger partial charge in [-0.3, -0.25) is 0 Å². The second-order valence-corrected chi connectivity index (χ2v) is 5.33. The van der Waals surface area contributed by atoms with Gasteiger partial charge in [0.2, 0.25) is 0 Å². The second-order valence-electron chi connectivity index (χ2n) is 5.33. The number of nitriles is 1. The number of anilines is 1. The molecule has 1 saturated heterocycles. The van der Waals surface area contributed by atoms with Gasteiger partial charge in [-0.15, -0.1) is 0 Å². The summed E-state index contributed by atoms with van der Waals surface area (Å²) in [7, 11) is 4.22. The molecule has 1 unspecified atom stereocenters. The summed E-state index contributed by atoms with van der Waals surface area (Å²) in [5.41, 5.74) is 3.16. The second kappa shape index (κ2) is 5.41. The molecule has 1 aromatic carbocycles. The fourth-order valence-electron chi connectivity index (χ4n) is 2.87. The number of aryl methyl sites for hydroxylation is 1. The van der Waals surface area contributed by atoms with Crippen LogP contribution in [0.1, 0.15) is 24.0 Å². The van der Waals surface area contributed by atoms with Gasteiger partial charge >= 0.3 is 0 Å². The Labute approximate surface area is 110 Å². The predicted octanol–water partition coefficient (Wildman–Crippen LogP) is 2.40. The maximum atomic E-state index is 9.28. The van der Waals surface area contributed by atoms with E-state index in [0.29, 0.717) is 6.04 Å². The molecule has 3 nitrogen and oxygen atoms in total. The number of benzene rings is 1. The van der Waals surface area contributed by atoms with Gasteiger partial charge in [-0.1, -0.05) is 12.1 Å². The van der Waals surface area contributed by atoms with Crippen LogP contribution in [-0.4, -0.2) is 38.1 Å². The third-order valence-corrected chi connectivity index (χ3v) is 3.60. The summed E-state index contributed by atoms with van der Waals surface area (Å²) in [5.74, 6) is 0. The topological polar surface area (TPSA) is 30.3 Å². The van der Waals surface area contributed by atoms with Crippen molar-refractivity contribution >= 4 is 5.69 Å². The molecule has 1 aromatic rings. The fraction of sp³-hybridized carbons (Fsp3) is 0.533. The van der Waals surface area contributed by atoms with Crippen molar-refractivity contribution in [3.63, 3.8) is 0 Å². The first kappa shape index (κ1) is 12.9. The SMILES string of the molecule is Cc1cccc(C#N)c1N1CCCC1CN(C)C. The Hall–Kier alpha value is -1.53. The Morgan fingerprint density at radius 1 is 1.44 bits per heavy atom. The summed E-state index contributed by atoms with van der Waals surface area (Å²) in [6, 6.07) is 8.86. The van der Waals surface area contributed by atoms with Crippen LogP contribution in [0.25, 0.3) is 0 Å². The highest BCUT2D eigenvalue weighted by atomic mass is 15.2. The van der Waals surface area contributed by atoms with Gasteiger partial charge < -0.3 is 9.80 Å². The number of hydrogen-bond donors (Lipinski definition) is 0. The molecule has 0 spiro atoms. The Balaban J connectivity index is 2.33. The summed E-state index contributed by atoms with van der Waals surface area (Å²) in [5, 5.41) is 9.28. The van der Waals surface area contributed by atoms with Crippen molar-refractivity contribution in [1.29, 1.82) is 5.26 Å². The molecule has 1 heterocycles. The predicted molar refractivity (Wildman–Crippen MR) is 74.8 cm³/mol. The van der Waals surface area contributed by atoms with E-state index >= 15 is 0 Å². The summed E-state index contributed by atoms with van der Waals surface area (Å²) < 4.78 is 0. The molecular formula is C15H21N3. The van der Waals surface area contributed by atoms with Crippen molar-refractivity contribution in [2.24, 2.45) is 0 Å². The van der Waals surface area contributed by atoms with E-state index < -0.39 is 0 Å². The molecule has 1 aliphatic heterocycles. The zero-order chi connectivity index (χ0) is 13.1. The lowest BCUT2D eigenvalue weighted by atomic mass is 10.1. The van der Waals surface area contributed by atoms with Crippen LogP contribution < -0.4 is 4.90 Å². The number of para-hydroxylation sites is 1. The van der Waals surface area contributed by atoms with E-state index in [1.807, 2.05) is 12.1 Å². The van der Waals surface area contributed by atoms with Crippen LogP contribution in [-0.2, 0) is 0 Å². The third-order valence-electron chi connectivity index (χ3n) is 3.60. The first-order valence-electron chi connectivity index (χ1n) is 6.54. The van der Waals surface area contributed by atoms with E-state index in [-0.39, 0.29) is 0 Å². The third kappa shape index (κ3) is 2.49. The van der Waals surface area contributed by atoms with Gasteiger partial charge in [0.1, 0.15) is 6.07 Å². The van der Waals surface area contributed by atoms with Crippen LogP contribution in [0.2, 0.25) is 0 Å². The molecule has 3 heteroatoms. The first-order valence-corrected chi connectivity index (χ1v) is 6.54. The monoisotopic (exact) mass is 243 g/mol. The molecule has 2 rings (SSSR count). The maximum absolute atomic E-state index is 9.28. The Morgan fingerprint density at radius 2 is 2.22 bits per heavy atom. The minimum absolute atomic E-state index is 0.535. The van der Waals surface area contributed by atoms with Crippen LogP contribution in [0.5, 0.6) is 0 Å². The van der Waals surface area contributed by atoms with Gasteiger partial charge in [0.25, 0.3) is 0 Å². The standard InChI is InChI=1S/C15H21N3/c1-12-6-4-7-13(10-16)15(12)18-9-5-8-14(18)11-17(2)3/h4,6-7,14H,5,8-9,11H2,1-3H3. The van der Waals surface area contributed by atoms with Crippen LogP contribution in [0.3, 0.4) is 0 Å². The van der Waals surface area contributed by atoms with Crippen molar-refractivity contribution in [2.75, 3.05) is 32.1 Å². The number of likely N-dealkylation sites (N-methyl/N-ethyl adjacent to an activating group) is 1. The normalized spacial score (nSPS) is 19.3. The van der Waals surface area contributed by atoms with E-state index in [9.17, 15) is 5.26 Å². The zero-order valence-corrected chi connectivity index (χ0v) is 11.5. The Kier molecular flexibility index (Phi) is 3.88. The van der Waals surface area contributed by atoms with Gasteiger partial charge in [-0.05, 0) is 45.5 Å². The summed E-state index contributed by atoms with van der Waals surface area (Å²) in [6.07, 6.45) is 2.44. The van der Waals surface area contributed by atoms with Crippen molar-refractivity contribution in [3.8, 4) is 6.07 Å². The van der Waals surface area contributed by atoms with E-state index in [2.05, 4.69) is 43.0 Å². The molecule has 1 aliphatic rings. The van der Waals surface area contributed by atoms with Crippen LogP contribution in [0.15, 0.2) is 18.2 Å². The van der Waals surface area contributed by atoms with Crippen molar-refractivity contribution in [1.82, 2.24) is 4.90 Å². The summed E-state index contributed by atoms with van der Waals surface area (Å²) in [6.45, 7) is 4.22. The van der Waals surface area contributed by atoms with Gasteiger partial charge in [-0.2, -0.15) is 5.26 Å². The van der Waals surface area contributed by atoms with Gasteiger partial charge in [0.15, 0.2) is 0 Å². The van der Waals surface area contributed by atoms with Gasteiger partial charge in [0.05, 0.1) is 11.3 Å². The quantitative estimate of drug-likeness (QED) is 0.816. The van der Waals surface area contributed by atoms with E-state index in [1.54, 1.807) is 0 Å². The van der Waals surface area contributed by atoms with E-state index in [4.69, 9.17) is 0 Å². The van der Waals surface area contributed by atoms with Crippen molar-refractivity contribution in [2.45, 2.75) is 25.8 Å². The molecule has 0 aromatic heterocycles. The van der Waals surface area contributed by atoms with E-state index in [0.717, 1.165) is 24.3 Å². The molecule has 1 fully saturated rings. The lowest BCUT2D eigenvalue weighted by molar-refractivity contribution is 0.372. The first-order chi connectivity index (χ1) is 8.63. The highest BCUT2D eigenvalue weighted by Crippen LogP contribution is 2.31. The molecule has 0 N–H and O–H groups in total. The average molecular weight is 243 g/mol. The van der Waals surface area contributed by atoms with E-state index in [1.165, 1.54) is 18.4 Å². The van der Waals surface area contributed by atoms with Crippen molar-refractivity contribution < 1.29 is 0 Å². The fourth-order valence-corrected chi connectivity index (χ4v) is 2.87. The molecule has 96 valence electrons. The maximum Gasteiger partial charge on any atom is 0.101 e. The molecule has 0 aliphatic carbocycles. The average Bonchev–Trinajstić information content (AvgIpc) is 2.75. The summed E-state index contributed by atoms with van der Waals surface area (Å²) >= 11 is 0. The Morgan fingerprint density at radius 3 is 2.89 bits per heavy atom. The van der Waals surface area contributed by atoms with Crippen LogP contribution >= 0.6 is 0 Å². The zero-order valence-electron chi connectivity index (χ0n) is 11.5. The number of rotatable bonds is 3. The number of nitrogens with zero attached hydrogens (tertiary/aromatic N) is 3. The molecular weight excluding hydrogens is 222 g/mol. The molecule has 0 radical (unpaired) electrons. The largest absolute Gasteiger partial charge is 0.366 e. The number of hydrogen-bond acceptors (Lipinski definition) is 3. The smallest absolute Gasteiger partial charge is 0.101 e. The van der Waals surface area contributed by atoms with Gasteiger partial charge in [-0.25, -0.2) is 0 Å².